The number of esters is 1. The highest BCUT2D eigenvalue weighted by molar-refractivity contribution is 5.86. The topological polar surface area (TPSA) is 99.0 Å². The molecule has 2 N–H and O–H groups in total. The molecule has 1 heterocycles. The van der Waals surface area contributed by atoms with Gasteiger partial charge in [0.25, 0.3) is 0 Å². The van der Waals surface area contributed by atoms with E-state index in [-0.39, 0.29) is 30.8 Å². The second-order valence-electron chi connectivity index (χ2n) is 11.7. The first-order valence-electron chi connectivity index (χ1n) is 14.0. The minimum atomic E-state index is -1.02. The van der Waals surface area contributed by atoms with Crippen molar-refractivity contribution in [1.82, 2.24) is 9.88 Å². The Kier molecular flexibility index (Phi) is 8.45. The fraction of sp³-hybridized carbons (Fsp3) is 0.394. The van der Waals surface area contributed by atoms with Gasteiger partial charge in [-0.15, -0.1) is 0 Å². The molecule has 0 saturated carbocycles. The van der Waals surface area contributed by atoms with E-state index >= 15 is 0 Å². The second kappa shape index (κ2) is 12.0. The molecule has 3 aromatic rings. The summed E-state index contributed by atoms with van der Waals surface area (Å²) in [7, 11) is 1.50. The predicted octanol–water partition coefficient (Wildman–Crippen LogP) is 5.14. The smallest absolute Gasteiger partial charge is 0.326 e. The molecule has 0 aliphatic heterocycles. The van der Waals surface area contributed by atoms with Gasteiger partial charge >= 0.3 is 11.9 Å². The highest BCUT2D eigenvalue weighted by Crippen LogP contribution is 2.49. The Morgan fingerprint density at radius 1 is 1.02 bits per heavy atom. The lowest BCUT2D eigenvalue weighted by molar-refractivity contribution is -0.163. The first-order valence-corrected chi connectivity index (χ1v) is 14.0. The summed E-state index contributed by atoms with van der Waals surface area (Å²) in [5.41, 5.74) is 3.59. The molecule has 8 heteroatoms. The number of carbonyl (C=O) groups excluding carboxylic acids is 1. The van der Waals surface area contributed by atoms with Gasteiger partial charge in [-0.3, -0.25) is 14.9 Å². The van der Waals surface area contributed by atoms with Gasteiger partial charge in [0.05, 0.1) is 6.61 Å². The van der Waals surface area contributed by atoms with E-state index in [1.807, 2.05) is 61.9 Å². The Bertz CT molecular complexity index is 1470. The number of ether oxygens (including phenoxy) is 3. The van der Waals surface area contributed by atoms with Crippen molar-refractivity contribution in [3.63, 3.8) is 0 Å². The Labute approximate surface area is 240 Å². The maximum Gasteiger partial charge on any atom is 0.326 e. The van der Waals surface area contributed by atoms with E-state index in [0.29, 0.717) is 12.5 Å². The Morgan fingerprint density at radius 2 is 1.73 bits per heavy atom. The first-order chi connectivity index (χ1) is 19.6. The predicted molar refractivity (Wildman–Crippen MR) is 156 cm³/mol. The minimum Gasteiger partial charge on any atom is -0.480 e. The summed E-state index contributed by atoms with van der Waals surface area (Å²) in [6.07, 6.45) is 9.70. The van der Waals surface area contributed by atoms with Crippen LogP contribution in [0.1, 0.15) is 49.3 Å². The number of aliphatic carboxylic acids is 1. The number of fused-ring (bicyclic) bond motifs is 4. The number of methoxy groups -OCH3 is 1. The lowest BCUT2D eigenvalue weighted by Gasteiger charge is -2.26. The summed E-state index contributed by atoms with van der Waals surface area (Å²) in [6.45, 7) is 5.89. The third-order valence-corrected chi connectivity index (χ3v) is 7.69. The third-order valence-electron chi connectivity index (χ3n) is 7.69. The van der Waals surface area contributed by atoms with Gasteiger partial charge in [0, 0.05) is 42.5 Å². The molecule has 1 aromatic heterocycles. The zero-order valence-electron chi connectivity index (χ0n) is 23.9. The molecule has 0 amide bonds. The van der Waals surface area contributed by atoms with E-state index in [2.05, 4.69) is 47.8 Å². The molecule has 5 rings (SSSR count). The average molecular weight is 559 g/mol. The van der Waals surface area contributed by atoms with Crippen LogP contribution in [0.5, 0.6) is 0 Å². The van der Waals surface area contributed by atoms with E-state index in [1.165, 1.54) is 18.2 Å². The van der Waals surface area contributed by atoms with Crippen LogP contribution in [-0.2, 0) is 36.8 Å². The van der Waals surface area contributed by atoms with Crippen LogP contribution < -0.4 is 5.32 Å². The van der Waals surface area contributed by atoms with Gasteiger partial charge in [0.2, 0.25) is 6.41 Å². The molecule has 5 atom stereocenters. The van der Waals surface area contributed by atoms with E-state index in [0.717, 1.165) is 16.5 Å². The Morgan fingerprint density at radius 3 is 2.46 bits per heavy atom. The molecule has 0 spiro atoms. The number of rotatable bonds is 11. The molecule has 2 aliphatic carbocycles. The van der Waals surface area contributed by atoms with Gasteiger partial charge in [-0.1, -0.05) is 66.8 Å². The summed E-state index contributed by atoms with van der Waals surface area (Å²) >= 11 is 0. The Balaban J connectivity index is 1.29. The van der Waals surface area contributed by atoms with Gasteiger partial charge in [-0.2, -0.15) is 0 Å². The normalized spacial score (nSPS) is 20.9. The molecule has 8 nitrogen and oxygen atoms in total. The van der Waals surface area contributed by atoms with Crippen molar-refractivity contribution in [2.45, 2.75) is 63.6 Å². The summed E-state index contributed by atoms with van der Waals surface area (Å²) < 4.78 is 19.0. The quantitative estimate of drug-likeness (QED) is 0.248. The van der Waals surface area contributed by atoms with Crippen LogP contribution in [0.4, 0.5) is 0 Å². The van der Waals surface area contributed by atoms with Gasteiger partial charge in [-0.05, 0) is 49.4 Å². The number of nitrogens with zero attached hydrogens (tertiary/aromatic N) is 1. The molecule has 41 heavy (non-hydrogen) atoms. The highest BCUT2D eigenvalue weighted by Gasteiger charge is 2.39. The fourth-order valence-electron chi connectivity index (χ4n) is 5.99. The number of hydrogen-bond donors (Lipinski definition) is 2. The number of para-hydroxylation sites is 1. The van der Waals surface area contributed by atoms with Crippen LogP contribution >= 0.6 is 0 Å². The zero-order valence-corrected chi connectivity index (χ0v) is 23.9. The third kappa shape index (κ3) is 6.45. The number of nitrogens with one attached hydrogen (secondary N) is 1. The molecule has 0 bridgehead atoms. The second-order valence-corrected chi connectivity index (χ2v) is 11.7. The number of carbonyl (C=O) groups is 2. The van der Waals surface area contributed by atoms with Gasteiger partial charge < -0.3 is 23.9 Å². The summed E-state index contributed by atoms with van der Waals surface area (Å²) in [5, 5.41) is 14.0. The minimum absolute atomic E-state index is 0.0292. The number of carboxylic acid groups (broad SMARTS) is 1. The van der Waals surface area contributed by atoms with Gasteiger partial charge in [0.15, 0.2) is 0 Å². The van der Waals surface area contributed by atoms with Crippen LogP contribution in [0.3, 0.4) is 0 Å². The van der Waals surface area contributed by atoms with Crippen molar-refractivity contribution in [3.05, 3.63) is 95.7 Å². The maximum absolute atomic E-state index is 12.6. The lowest BCUT2D eigenvalue weighted by atomic mass is 9.84. The molecular weight excluding hydrogens is 520 g/mol. The summed E-state index contributed by atoms with van der Waals surface area (Å²) in [6, 6.07) is 15.1. The van der Waals surface area contributed by atoms with E-state index < -0.39 is 24.0 Å². The van der Waals surface area contributed by atoms with Crippen LogP contribution in [0.15, 0.2) is 79.0 Å². The van der Waals surface area contributed by atoms with Crippen LogP contribution in [-0.4, -0.2) is 53.4 Å². The van der Waals surface area contributed by atoms with Crippen molar-refractivity contribution in [2.75, 3.05) is 13.7 Å². The molecule has 216 valence electrons. The van der Waals surface area contributed by atoms with Crippen molar-refractivity contribution >= 4 is 22.8 Å². The molecule has 2 aliphatic rings. The molecule has 0 fully saturated rings. The van der Waals surface area contributed by atoms with Crippen LogP contribution in [0.2, 0.25) is 0 Å². The van der Waals surface area contributed by atoms with Crippen molar-refractivity contribution in [1.29, 1.82) is 0 Å². The van der Waals surface area contributed by atoms with Gasteiger partial charge in [-0.25, -0.2) is 0 Å². The van der Waals surface area contributed by atoms with E-state index in [1.54, 1.807) is 0 Å². The molecule has 2 aromatic carbocycles. The highest BCUT2D eigenvalue weighted by atomic mass is 16.7. The zero-order chi connectivity index (χ0) is 29.1. The van der Waals surface area contributed by atoms with E-state index in [9.17, 15) is 14.7 Å². The number of carboxylic acids is 1. The number of allylic oxidation sites excluding steroid dienone is 4. The van der Waals surface area contributed by atoms with Crippen molar-refractivity contribution in [2.24, 2.45) is 5.92 Å². The molecule has 0 saturated heterocycles. The number of hydrogen-bond acceptors (Lipinski definition) is 6. The Hall–Kier alpha value is -3.72. The van der Waals surface area contributed by atoms with Crippen molar-refractivity contribution < 1.29 is 28.9 Å². The standard InChI is InChI=1S/C33H38N2O6/c1-33(2,3)41-30(36)19-35-18-21(22-11-9-10-16-29(22)35)17-28(31(37)38)34-32(39-4)40-20-27-25-14-7-5-12-23(25)24-13-6-8-15-26(24)27/h5-16,18,23,25,27-28,32,34H,17,19-20H2,1-4H3,(H,37,38)/t23?,25?,27?,28-,32?/m0/s1. The SMILES string of the molecule is COC(N[C@@H](Cc1cn(CC(=O)OC(C)(C)C)c2ccccc12)C(=O)O)OCC1c2ccccc2C2C=CC=CC21. The molecular formula is C33H38N2O6. The molecule has 4 unspecified atom stereocenters. The number of aromatic nitrogens is 1. The monoisotopic (exact) mass is 558 g/mol. The van der Waals surface area contributed by atoms with E-state index in [4.69, 9.17) is 14.2 Å². The average Bonchev–Trinajstić information content (AvgIpc) is 3.44. The summed E-state index contributed by atoms with van der Waals surface area (Å²) in [4.78, 5) is 24.9. The largest absolute Gasteiger partial charge is 0.480 e. The maximum atomic E-state index is 12.6. The summed E-state index contributed by atoms with van der Waals surface area (Å²) in [5.74, 6) is -0.661. The fourth-order valence-corrected chi connectivity index (χ4v) is 5.99. The van der Waals surface area contributed by atoms with Gasteiger partial charge in [0.1, 0.15) is 18.2 Å². The first kappa shape index (κ1) is 28.8. The van der Waals surface area contributed by atoms with Crippen LogP contribution in [0, 0.1) is 5.92 Å². The molecule has 0 radical (unpaired) electrons. The number of benzene rings is 2. The van der Waals surface area contributed by atoms with Crippen molar-refractivity contribution in [3.8, 4) is 0 Å². The van der Waals surface area contributed by atoms with Crippen LogP contribution in [0.25, 0.3) is 10.9 Å². The lowest BCUT2D eigenvalue weighted by Crippen LogP contribution is -2.47.